The topological polar surface area (TPSA) is 135 Å². The van der Waals surface area contributed by atoms with E-state index >= 15 is 0 Å². The molecule has 1 unspecified atom stereocenters. The number of amidine groups is 1. The molecule has 1 aromatic rings. The van der Waals surface area contributed by atoms with Gasteiger partial charge in [-0.25, -0.2) is 4.79 Å². The predicted molar refractivity (Wildman–Crippen MR) is 139 cm³/mol. The maximum absolute atomic E-state index is 12.3. The Bertz CT molecular complexity index is 923. The molecule has 2 aliphatic rings. The summed E-state index contributed by atoms with van der Waals surface area (Å²) in [6.07, 6.45) is 5.16. The third-order valence-corrected chi connectivity index (χ3v) is 6.94. The molecule has 0 spiro atoms. The van der Waals surface area contributed by atoms with Crippen molar-refractivity contribution in [3.05, 3.63) is 35.9 Å². The summed E-state index contributed by atoms with van der Waals surface area (Å²) in [5.41, 5.74) is 2.35. The third-order valence-electron chi connectivity index (χ3n) is 6.94. The van der Waals surface area contributed by atoms with Crippen molar-refractivity contribution in [1.29, 1.82) is 5.41 Å². The molecule has 198 valence electrons. The van der Waals surface area contributed by atoms with Crippen molar-refractivity contribution < 1.29 is 24.5 Å². The van der Waals surface area contributed by atoms with Crippen LogP contribution in [0.15, 0.2) is 30.3 Å². The van der Waals surface area contributed by atoms with Crippen molar-refractivity contribution in [3.63, 3.8) is 0 Å². The summed E-state index contributed by atoms with van der Waals surface area (Å²) in [7, 11) is 0. The highest BCUT2D eigenvalue weighted by molar-refractivity contribution is 5.96. The van der Waals surface area contributed by atoms with Crippen LogP contribution >= 0.6 is 0 Å². The van der Waals surface area contributed by atoms with Crippen molar-refractivity contribution in [2.24, 2.45) is 17.8 Å². The highest BCUT2D eigenvalue weighted by Gasteiger charge is 2.25. The number of nitrogens with zero attached hydrogens (tertiary/aromatic N) is 1. The summed E-state index contributed by atoms with van der Waals surface area (Å²) in [4.78, 5) is 26.3. The van der Waals surface area contributed by atoms with Gasteiger partial charge in [0.05, 0.1) is 19.3 Å². The Morgan fingerprint density at radius 2 is 1.86 bits per heavy atom. The number of urea groups is 1. The van der Waals surface area contributed by atoms with Crippen LogP contribution in [0.5, 0.6) is 5.75 Å². The number of likely N-dealkylation sites (tertiary alicyclic amines) is 1. The van der Waals surface area contributed by atoms with Gasteiger partial charge in [0, 0.05) is 31.5 Å². The molecule has 0 aromatic heterocycles. The molecule has 1 saturated heterocycles. The zero-order chi connectivity index (χ0) is 26.1. The Labute approximate surface area is 213 Å². The number of hydrogen-bond acceptors (Lipinski definition) is 6. The van der Waals surface area contributed by atoms with E-state index < -0.39 is 6.10 Å². The standard InChI is InChI=1S/C27H40N4O5/c1-18(2)25(28)30-27(35)31-13-11-19(12-14-31)17-36-24-9-7-21(8-10-24)20-3-5-22(6-4-20)26(34)29-15-23(33)16-32/h3,7-10,18-19,22-23,32-33H,4-6,11-17H2,1-2H3,(H,29,34)(H2,28,30,35)/t22?,23-/m0/s1. The third kappa shape index (κ3) is 8.06. The fourth-order valence-electron chi connectivity index (χ4n) is 4.38. The van der Waals surface area contributed by atoms with E-state index in [0.29, 0.717) is 32.0 Å². The van der Waals surface area contributed by atoms with Crippen molar-refractivity contribution in [2.45, 2.75) is 52.1 Å². The van der Waals surface area contributed by atoms with Gasteiger partial charge in [0.1, 0.15) is 11.6 Å². The lowest BCUT2D eigenvalue weighted by atomic mass is 9.86. The molecular formula is C27H40N4O5. The number of benzene rings is 1. The number of allylic oxidation sites excluding steroid dienone is 2. The Hall–Kier alpha value is -2.91. The molecule has 1 aliphatic carbocycles. The molecule has 3 amide bonds. The highest BCUT2D eigenvalue weighted by atomic mass is 16.5. The SMILES string of the molecule is CC(C)C(=N)NC(=O)N1CCC(COc2ccc(C3=CCC(C(=O)NC[C@H](O)CO)CC3)cc2)CC1. The van der Waals surface area contributed by atoms with Crippen LogP contribution in [0, 0.1) is 23.2 Å². The van der Waals surface area contributed by atoms with Gasteiger partial charge in [-0.3, -0.25) is 15.5 Å². The smallest absolute Gasteiger partial charge is 0.322 e. The molecule has 0 radical (unpaired) electrons. The summed E-state index contributed by atoms with van der Waals surface area (Å²) in [6, 6.07) is 7.87. The van der Waals surface area contributed by atoms with Crippen LogP contribution in [0.25, 0.3) is 5.57 Å². The maximum Gasteiger partial charge on any atom is 0.322 e. The Balaban J connectivity index is 1.40. The molecule has 2 atom stereocenters. The average Bonchev–Trinajstić information content (AvgIpc) is 2.90. The first kappa shape index (κ1) is 27.7. The fraction of sp³-hybridized carbons (Fsp3) is 0.593. The van der Waals surface area contributed by atoms with Gasteiger partial charge >= 0.3 is 6.03 Å². The molecule has 1 heterocycles. The molecule has 3 rings (SSSR count). The number of rotatable bonds is 9. The highest BCUT2D eigenvalue weighted by Crippen LogP contribution is 2.31. The lowest BCUT2D eigenvalue weighted by Crippen LogP contribution is -2.47. The molecule has 1 aliphatic heterocycles. The van der Waals surface area contributed by atoms with E-state index in [4.69, 9.17) is 15.3 Å². The number of piperidine rings is 1. The first-order valence-electron chi connectivity index (χ1n) is 12.9. The first-order chi connectivity index (χ1) is 17.3. The number of nitrogens with one attached hydrogen (secondary N) is 3. The van der Waals surface area contributed by atoms with Gasteiger partial charge in [-0.05, 0) is 61.3 Å². The van der Waals surface area contributed by atoms with Crippen molar-refractivity contribution in [3.8, 4) is 5.75 Å². The Morgan fingerprint density at radius 3 is 2.44 bits per heavy atom. The lowest BCUT2D eigenvalue weighted by molar-refractivity contribution is -0.125. The van der Waals surface area contributed by atoms with Gasteiger partial charge in [-0.2, -0.15) is 0 Å². The van der Waals surface area contributed by atoms with Gasteiger partial charge in [-0.1, -0.05) is 32.1 Å². The van der Waals surface area contributed by atoms with E-state index in [1.807, 2.05) is 26.0 Å². The summed E-state index contributed by atoms with van der Waals surface area (Å²) in [5.74, 6) is 1.27. The maximum atomic E-state index is 12.3. The van der Waals surface area contributed by atoms with Crippen LogP contribution in [-0.4, -0.2) is 71.8 Å². The van der Waals surface area contributed by atoms with Crippen molar-refractivity contribution in [2.75, 3.05) is 32.8 Å². The number of hydrogen-bond donors (Lipinski definition) is 5. The van der Waals surface area contributed by atoms with Crippen LogP contribution in [0.4, 0.5) is 4.79 Å². The molecule has 5 N–H and O–H groups in total. The normalized spacial score (nSPS) is 19.4. The molecule has 0 bridgehead atoms. The molecule has 1 fully saturated rings. The van der Waals surface area contributed by atoms with Crippen molar-refractivity contribution >= 4 is 23.3 Å². The molecular weight excluding hydrogens is 460 g/mol. The van der Waals surface area contributed by atoms with E-state index in [-0.39, 0.29) is 42.8 Å². The van der Waals surface area contributed by atoms with Gasteiger partial charge in [-0.15, -0.1) is 0 Å². The quantitative estimate of drug-likeness (QED) is 0.262. The summed E-state index contributed by atoms with van der Waals surface area (Å²) in [5, 5.41) is 31.4. The van der Waals surface area contributed by atoms with Gasteiger partial charge in [0.2, 0.25) is 5.91 Å². The first-order valence-corrected chi connectivity index (χ1v) is 12.9. The predicted octanol–water partition coefficient (Wildman–Crippen LogP) is 2.77. The Morgan fingerprint density at radius 1 is 1.17 bits per heavy atom. The molecule has 0 saturated carbocycles. The van der Waals surface area contributed by atoms with E-state index in [2.05, 4.69) is 28.8 Å². The van der Waals surface area contributed by atoms with E-state index in [1.165, 1.54) is 5.57 Å². The van der Waals surface area contributed by atoms with Crippen LogP contribution < -0.4 is 15.4 Å². The Kier molecular flexibility index (Phi) is 10.3. The minimum atomic E-state index is -0.922. The number of aliphatic hydroxyl groups is 2. The number of carbonyl (C=O) groups excluding carboxylic acids is 2. The number of carbonyl (C=O) groups is 2. The number of aliphatic hydroxyl groups excluding tert-OH is 2. The molecule has 9 nitrogen and oxygen atoms in total. The largest absolute Gasteiger partial charge is 0.493 e. The lowest BCUT2D eigenvalue weighted by Gasteiger charge is -2.32. The summed E-state index contributed by atoms with van der Waals surface area (Å²) in [6.45, 7) is 5.43. The molecule has 36 heavy (non-hydrogen) atoms. The van der Waals surface area contributed by atoms with Crippen molar-refractivity contribution in [1.82, 2.24) is 15.5 Å². The second kappa shape index (κ2) is 13.4. The van der Waals surface area contributed by atoms with Gasteiger partial charge < -0.3 is 25.2 Å². The monoisotopic (exact) mass is 500 g/mol. The summed E-state index contributed by atoms with van der Waals surface area (Å²) < 4.78 is 6.02. The second-order valence-corrected chi connectivity index (χ2v) is 10.0. The zero-order valence-electron chi connectivity index (χ0n) is 21.3. The van der Waals surface area contributed by atoms with Gasteiger partial charge in [0.25, 0.3) is 0 Å². The fourth-order valence-corrected chi connectivity index (χ4v) is 4.38. The molecule has 9 heteroatoms. The van der Waals surface area contributed by atoms with Crippen LogP contribution in [0.1, 0.15) is 51.5 Å². The average molecular weight is 501 g/mol. The molecule has 1 aromatic carbocycles. The van der Waals surface area contributed by atoms with Crippen LogP contribution in [-0.2, 0) is 4.79 Å². The minimum Gasteiger partial charge on any atom is -0.493 e. The van der Waals surface area contributed by atoms with Crippen LogP contribution in [0.3, 0.4) is 0 Å². The van der Waals surface area contributed by atoms with Crippen LogP contribution in [0.2, 0.25) is 0 Å². The van der Waals surface area contributed by atoms with E-state index in [0.717, 1.165) is 37.0 Å². The van der Waals surface area contributed by atoms with E-state index in [9.17, 15) is 14.7 Å². The van der Waals surface area contributed by atoms with Gasteiger partial charge in [0.15, 0.2) is 0 Å². The number of ether oxygens (including phenoxy) is 1. The number of amides is 3. The summed E-state index contributed by atoms with van der Waals surface area (Å²) >= 11 is 0. The minimum absolute atomic E-state index is 0.00256. The van der Waals surface area contributed by atoms with E-state index in [1.54, 1.807) is 4.90 Å². The second-order valence-electron chi connectivity index (χ2n) is 10.0. The zero-order valence-corrected chi connectivity index (χ0v) is 21.3.